The highest BCUT2D eigenvalue weighted by Gasteiger charge is 2.26. The van der Waals surface area contributed by atoms with Crippen molar-refractivity contribution in [3.05, 3.63) is 75.8 Å². The highest BCUT2D eigenvalue weighted by Crippen LogP contribution is 2.38. The molecule has 0 bridgehead atoms. The minimum absolute atomic E-state index is 0.00632. The number of halogens is 1. The molecule has 4 rings (SSSR count). The Bertz CT molecular complexity index is 2140. The molecule has 1 atom stereocenters. The second-order valence-corrected chi connectivity index (χ2v) is 16.9. The number of pyridine rings is 1. The summed E-state index contributed by atoms with van der Waals surface area (Å²) >= 11 is 8.90. The summed E-state index contributed by atoms with van der Waals surface area (Å²) in [5.41, 5.74) is 1.83. The standard InChI is InChI=1S/C41H46ClN7O7S2/c1-40(2,3)55-38(51)46-18-8-9-32(48-39(52)56-41(4,5)6)37(50)54-20-19-53-29-16-12-25(13-17-29)33-30(21-43)34(45-7)49-36(31(33)22-44)58-24-28-23-57-35(47-28)26-10-14-27(42)15-11-26/h10-17,23,32H,8-9,18-20,24H2,1-7H3,(H,45,49)(H,46,51)(H,48,52)/t32-/m1/s1. The Morgan fingerprint density at radius 2 is 1.52 bits per heavy atom. The van der Waals surface area contributed by atoms with Crippen molar-refractivity contribution in [2.45, 2.75) is 82.4 Å². The lowest BCUT2D eigenvalue weighted by Gasteiger charge is -2.23. The van der Waals surface area contributed by atoms with E-state index in [2.05, 4.69) is 33.1 Å². The smallest absolute Gasteiger partial charge is 0.408 e. The van der Waals surface area contributed by atoms with Crippen LogP contribution in [0.15, 0.2) is 58.9 Å². The largest absolute Gasteiger partial charge is 0.490 e. The normalized spacial score (nSPS) is 11.7. The molecule has 0 fully saturated rings. The topological polar surface area (TPSA) is 198 Å². The van der Waals surface area contributed by atoms with Crippen molar-refractivity contribution in [3.63, 3.8) is 0 Å². The number of thiazole rings is 1. The molecule has 3 N–H and O–H groups in total. The Balaban J connectivity index is 1.39. The maximum Gasteiger partial charge on any atom is 0.408 e. The molecule has 0 aliphatic rings. The number of nitrogens with zero attached hydrogens (tertiary/aromatic N) is 4. The number of nitriles is 2. The summed E-state index contributed by atoms with van der Waals surface area (Å²) in [4.78, 5) is 46.9. The lowest BCUT2D eigenvalue weighted by Crippen LogP contribution is -2.45. The molecule has 0 saturated carbocycles. The number of thioether (sulfide) groups is 1. The molecule has 0 aliphatic heterocycles. The fourth-order valence-corrected chi connectivity index (χ4v) is 7.16. The predicted octanol–water partition coefficient (Wildman–Crippen LogP) is 8.72. The van der Waals surface area contributed by atoms with E-state index in [-0.39, 0.29) is 37.3 Å². The predicted molar refractivity (Wildman–Crippen MR) is 224 cm³/mol. The van der Waals surface area contributed by atoms with Gasteiger partial charge in [0.25, 0.3) is 0 Å². The summed E-state index contributed by atoms with van der Waals surface area (Å²) in [6, 6.07) is 17.7. The van der Waals surface area contributed by atoms with Gasteiger partial charge in [0.1, 0.15) is 69.8 Å². The quantitative estimate of drug-likeness (QED) is 0.0419. The third-order valence-electron chi connectivity index (χ3n) is 7.68. The number of nitrogens with one attached hydrogen (secondary N) is 3. The zero-order valence-electron chi connectivity index (χ0n) is 33.4. The molecule has 58 heavy (non-hydrogen) atoms. The minimum Gasteiger partial charge on any atom is -0.490 e. The SMILES string of the molecule is CNc1nc(SCc2csc(-c3ccc(Cl)cc3)n2)c(C#N)c(-c2ccc(OCCOC(=O)[C@@H](CCCNC(=O)OC(C)(C)C)NC(=O)OC(C)(C)C)cc2)c1C#N. The van der Waals surface area contributed by atoms with Gasteiger partial charge in [-0.05, 0) is 84.2 Å². The van der Waals surface area contributed by atoms with E-state index >= 15 is 0 Å². The van der Waals surface area contributed by atoms with Gasteiger partial charge in [0.05, 0.1) is 11.3 Å². The summed E-state index contributed by atoms with van der Waals surface area (Å²) < 4.78 is 21.8. The molecular weight excluding hydrogens is 802 g/mol. The first-order chi connectivity index (χ1) is 27.5. The number of ether oxygens (including phenoxy) is 4. The first kappa shape index (κ1) is 45.2. The van der Waals surface area contributed by atoms with E-state index in [1.54, 1.807) is 72.9 Å². The van der Waals surface area contributed by atoms with E-state index < -0.39 is 35.4 Å². The molecule has 306 valence electrons. The Morgan fingerprint density at radius 1 is 0.879 bits per heavy atom. The lowest BCUT2D eigenvalue weighted by molar-refractivity contribution is -0.147. The van der Waals surface area contributed by atoms with Gasteiger partial charge in [-0.1, -0.05) is 47.6 Å². The maximum atomic E-state index is 13.0. The van der Waals surface area contributed by atoms with Crippen molar-refractivity contribution in [1.29, 1.82) is 10.5 Å². The number of anilines is 1. The van der Waals surface area contributed by atoms with E-state index in [1.165, 1.54) is 23.1 Å². The molecule has 2 aromatic heterocycles. The van der Waals surface area contributed by atoms with E-state index in [9.17, 15) is 24.9 Å². The highest BCUT2D eigenvalue weighted by molar-refractivity contribution is 7.98. The molecule has 2 amide bonds. The third-order valence-corrected chi connectivity index (χ3v) is 9.88. The van der Waals surface area contributed by atoms with Gasteiger partial charge in [-0.15, -0.1) is 11.3 Å². The third kappa shape index (κ3) is 13.8. The van der Waals surface area contributed by atoms with Crippen molar-refractivity contribution in [3.8, 4) is 39.6 Å². The first-order valence-electron chi connectivity index (χ1n) is 18.3. The molecule has 0 aliphatic carbocycles. The van der Waals surface area contributed by atoms with Crippen LogP contribution in [0.5, 0.6) is 5.75 Å². The van der Waals surface area contributed by atoms with Crippen LogP contribution >= 0.6 is 34.7 Å². The zero-order valence-corrected chi connectivity index (χ0v) is 35.7. The monoisotopic (exact) mass is 847 g/mol. The van der Waals surface area contributed by atoms with E-state index in [1.807, 2.05) is 29.6 Å². The van der Waals surface area contributed by atoms with Crippen molar-refractivity contribution < 1.29 is 33.3 Å². The summed E-state index contributed by atoms with van der Waals surface area (Å²) in [7, 11) is 1.66. The van der Waals surface area contributed by atoms with E-state index in [4.69, 9.17) is 35.5 Å². The molecule has 4 aromatic rings. The van der Waals surface area contributed by atoms with E-state index in [0.29, 0.717) is 44.9 Å². The fraction of sp³-hybridized carbons (Fsp3) is 0.390. The lowest BCUT2D eigenvalue weighted by atomic mass is 9.96. The second kappa shape index (κ2) is 20.7. The molecule has 0 radical (unpaired) electrons. The van der Waals surface area contributed by atoms with Gasteiger partial charge in [-0.2, -0.15) is 10.5 Å². The molecule has 2 heterocycles. The Morgan fingerprint density at radius 3 is 2.14 bits per heavy atom. The van der Waals surface area contributed by atoms with Gasteiger partial charge in [0, 0.05) is 40.9 Å². The average Bonchev–Trinajstić information content (AvgIpc) is 3.64. The van der Waals surface area contributed by atoms with Crippen LogP contribution in [-0.4, -0.2) is 72.2 Å². The number of hydrogen-bond acceptors (Lipinski definition) is 14. The van der Waals surface area contributed by atoms with Crippen LogP contribution in [0.2, 0.25) is 5.02 Å². The van der Waals surface area contributed by atoms with Gasteiger partial charge in [0.15, 0.2) is 0 Å². The van der Waals surface area contributed by atoms with Crippen LogP contribution in [-0.2, 0) is 24.8 Å². The number of amides is 2. The van der Waals surface area contributed by atoms with Crippen molar-refractivity contribution in [2.24, 2.45) is 0 Å². The van der Waals surface area contributed by atoms with Gasteiger partial charge in [-0.3, -0.25) is 0 Å². The van der Waals surface area contributed by atoms with Crippen molar-refractivity contribution >= 4 is 58.7 Å². The number of benzene rings is 2. The number of carbonyl (C=O) groups excluding carboxylic acids is 3. The maximum absolute atomic E-state index is 13.0. The van der Waals surface area contributed by atoms with Crippen LogP contribution in [0.1, 0.15) is 71.2 Å². The van der Waals surface area contributed by atoms with Crippen LogP contribution in [0, 0.1) is 22.7 Å². The Hall–Kier alpha value is -5.55. The van der Waals surface area contributed by atoms with Gasteiger partial charge >= 0.3 is 18.2 Å². The Kier molecular flexibility index (Phi) is 16.2. The molecule has 17 heteroatoms. The van der Waals surface area contributed by atoms with Crippen molar-refractivity contribution in [2.75, 3.05) is 32.1 Å². The first-order valence-corrected chi connectivity index (χ1v) is 20.5. The summed E-state index contributed by atoms with van der Waals surface area (Å²) in [6.07, 6.45) is -0.876. The van der Waals surface area contributed by atoms with Crippen LogP contribution in [0.3, 0.4) is 0 Å². The molecule has 0 saturated heterocycles. The summed E-state index contributed by atoms with van der Waals surface area (Å²) in [5.74, 6) is 0.533. The van der Waals surface area contributed by atoms with Crippen LogP contribution in [0.25, 0.3) is 21.7 Å². The van der Waals surface area contributed by atoms with Crippen LogP contribution in [0.4, 0.5) is 15.4 Å². The fourth-order valence-electron chi connectivity index (χ4n) is 5.22. The zero-order chi connectivity index (χ0) is 42.5. The summed E-state index contributed by atoms with van der Waals surface area (Å²) in [5, 5.41) is 32.6. The number of esters is 1. The molecule has 14 nitrogen and oxygen atoms in total. The number of carbonyl (C=O) groups is 3. The van der Waals surface area contributed by atoms with Gasteiger partial charge in [0.2, 0.25) is 0 Å². The van der Waals surface area contributed by atoms with Gasteiger partial charge in [-0.25, -0.2) is 24.4 Å². The van der Waals surface area contributed by atoms with Crippen molar-refractivity contribution in [1.82, 2.24) is 20.6 Å². The number of rotatable bonds is 16. The van der Waals surface area contributed by atoms with Gasteiger partial charge < -0.3 is 34.9 Å². The number of hydrogen-bond donors (Lipinski definition) is 3. The molecule has 0 unspecified atom stereocenters. The summed E-state index contributed by atoms with van der Waals surface area (Å²) in [6.45, 7) is 10.4. The van der Waals surface area contributed by atoms with Crippen LogP contribution < -0.4 is 20.7 Å². The minimum atomic E-state index is -1.04. The second-order valence-electron chi connectivity index (χ2n) is 14.6. The molecule has 0 spiro atoms. The number of alkyl carbamates (subject to hydrolysis) is 2. The Labute approximate surface area is 351 Å². The average molecular weight is 848 g/mol. The molecular formula is C41H46ClN7O7S2. The molecule has 2 aromatic carbocycles. The van der Waals surface area contributed by atoms with E-state index in [0.717, 1.165) is 16.3 Å². The highest BCUT2D eigenvalue weighted by atomic mass is 35.5. The number of aromatic nitrogens is 2.